The van der Waals surface area contributed by atoms with Gasteiger partial charge in [0.1, 0.15) is 5.82 Å². The van der Waals surface area contributed by atoms with Crippen molar-refractivity contribution in [2.45, 2.75) is 13.3 Å². The Morgan fingerprint density at radius 1 is 1.03 bits per heavy atom. The van der Waals surface area contributed by atoms with Gasteiger partial charge in [0, 0.05) is 37.2 Å². The van der Waals surface area contributed by atoms with Crippen molar-refractivity contribution >= 4 is 23.5 Å². The zero-order valence-corrected chi connectivity index (χ0v) is 18.6. The predicted molar refractivity (Wildman–Crippen MR) is 128 cm³/mol. The molecule has 2 aromatic heterocycles. The maximum absolute atomic E-state index is 12.6. The number of ether oxygens (including phenoxy) is 1. The van der Waals surface area contributed by atoms with Crippen LogP contribution in [0.15, 0.2) is 54.7 Å². The van der Waals surface area contributed by atoms with E-state index in [4.69, 9.17) is 9.72 Å². The van der Waals surface area contributed by atoms with Gasteiger partial charge in [-0.25, -0.2) is 10.3 Å². The molecule has 0 unspecified atom stereocenters. The first-order valence-electron chi connectivity index (χ1n) is 11.2. The summed E-state index contributed by atoms with van der Waals surface area (Å²) in [7, 11) is 0. The lowest BCUT2D eigenvalue weighted by Crippen LogP contribution is -2.37. The van der Waals surface area contributed by atoms with Gasteiger partial charge in [-0.05, 0) is 60.9 Å². The van der Waals surface area contributed by atoms with Crippen molar-refractivity contribution in [3.63, 3.8) is 0 Å². The van der Waals surface area contributed by atoms with Gasteiger partial charge >= 0.3 is 0 Å². The molecule has 0 aliphatic carbocycles. The van der Waals surface area contributed by atoms with E-state index >= 15 is 0 Å². The van der Waals surface area contributed by atoms with Gasteiger partial charge in [0.15, 0.2) is 0 Å². The van der Waals surface area contributed by atoms with E-state index in [0.29, 0.717) is 17.1 Å². The first-order chi connectivity index (χ1) is 16.2. The summed E-state index contributed by atoms with van der Waals surface area (Å²) in [6.45, 7) is 6.60. The van der Waals surface area contributed by atoms with Crippen LogP contribution in [0.25, 0.3) is 17.5 Å². The van der Waals surface area contributed by atoms with Gasteiger partial charge in [0.2, 0.25) is 0 Å². The second-order valence-electron chi connectivity index (χ2n) is 8.26. The topological polar surface area (TPSA) is 81.5 Å². The Hall–Kier alpha value is -3.55. The number of hydrogen-bond acceptors (Lipinski definition) is 6. The summed E-state index contributed by atoms with van der Waals surface area (Å²) in [5.74, 6) is 0.193. The van der Waals surface area contributed by atoms with Gasteiger partial charge in [-0.3, -0.25) is 14.7 Å². The van der Waals surface area contributed by atoms with E-state index in [1.165, 1.54) is 11.8 Å². The van der Waals surface area contributed by atoms with E-state index in [1.54, 1.807) is 0 Å². The molecule has 3 aromatic rings. The zero-order valence-electron chi connectivity index (χ0n) is 18.6. The number of hydrogen-bond donors (Lipinski definition) is 1. The van der Waals surface area contributed by atoms with E-state index in [0.717, 1.165) is 61.9 Å². The molecule has 0 saturated carbocycles. The van der Waals surface area contributed by atoms with Crippen molar-refractivity contribution in [1.82, 2.24) is 20.2 Å². The third-order valence-corrected chi connectivity index (χ3v) is 5.90. The number of pyridine rings is 2. The van der Waals surface area contributed by atoms with E-state index in [9.17, 15) is 4.79 Å². The molecule has 1 N–H and O–H groups in total. The smallest absolute Gasteiger partial charge is 0.281 e. The Morgan fingerprint density at radius 2 is 1.85 bits per heavy atom. The average molecular weight is 441 g/mol. The highest BCUT2D eigenvalue weighted by Crippen LogP contribution is 2.30. The minimum Gasteiger partial charge on any atom is -0.379 e. The fourth-order valence-corrected chi connectivity index (χ4v) is 4.08. The summed E-state index contributed by atoms with van der Waals surface area (Å²) >= 11 is 0. The molecule has 1 fully saturated rings. The summed E-state index contributed by atoms with van der Waals surface area (Å²) in [5.41, 5.74) is 5.79. The van der Waals surface area contributed by atoms with Crippen molar-refractivity contribution in [2.24, 2.45) is 0 Å². The van der Waals surface area contributed by atoms with E-state index in [2.05, 4.69) is 32.7 Å². The fraction of sp³-hybridized carbons (Fsp3) is 0.269. The predicted octanol–water partition coefficient (Wildman–Crippen LogP) is 3.80. The summed E-state index contributed by atoms with van der Waals surface area (Å²) in [4.78, 5) is 24.3. The Labute approximate surface area is 193 Å². The van der Waals surface area contributed by atoms with Crippen molar-refractivity contribution < 1.29 is 9.53 Å². The molecule has 33 heavy (non-hydrogen) atoms. The molecule has 0 bridgehead atoms. The molecule has 1 saturated heterocycles. The largest absolute Gasteiger partial charge is 0.379 e. The van der Waals surface area contributed by atoms with Crippen LogP contribution in [-0.2, 0) is 11.2 Å². The number of aromatic nitrogens is 2. The molecular weight excluding hydrogens is 414 g/mol. The lowest BCUT2D eigenvalue weighted by Gasteiger charge is -2.26. The first-order valence-corrected chi connectivity index (χ1v) is 11.2. The normalized spacial score (nSPS) is 15.7. The van der Waals surface area contributed by atoms with E-state index < -0.39 is 0 Å². The summed E-state index contributed by atoms with van der Waals surface area (Å²) in [5, 5.41) is 7.28. The van der Waals surface area contributed by atoms with Crippen LogP contribution < -0.4 is 10.6 Å². The van der Waals surface area contributed by atoms with Gasteiger partial charge in [-0.1, -0.05) is 18.2 Å². The summed E-state index contributed by atoms with van der Waals surface area (Å²) in [6.07, 6.45) is 4.35. The quantitative estimate of drug-likeness (QED) is 0.628. The maximum Gasteiger partial charge on any atom is 0.281 e. The molecule has 5 rings (SSSR count). The SMILES string of the molecule is Cc1cccc(-c2cc3c(c(Nc4ccc(CCN5CCOCC5)cc4)n2)C(=O)[N]C=C3)n1. The number of benzene rings is 1. The van der Waals surface area contributed by atoms with E-state index in [1.807, 2.05) is 49.4 Å². The molecule has 2 aliphatic rings. The van der Waals surface area contributed by atoms with Crippen LogP contribution in [0.1, 0.15) is 27.2 Å². The molecule has 4 heterocycles. The van der Waals surface area contributed by atoms with Crippen molar-refractivity contribution in [3.8, 4) is 11.4 Å². The Bertz CT molecular complexity index is 1180. The monoisotopic (exact) mass is 440 g/mol. The van der Waals surface area contributed by atoms with Gasteiger partial charge in [-0.2, -0.15) is 0 Å². The number of amides is 1. The lowest BCUT2D eigenvalue weighted by atomic mass is 10.0. The molecule has 0 atom stereocenters. The minimum atomic E-state index is -0.298. The Kier molecular flexibility index (Phi) is 6.15. The number of nitrogens with zero attached hydrogens (tertiary/aromatic N) is 4. The molecule has 1 radical (unpaired) electrons. The third kappa shape index (κ3) is 4.94. The Morgan fingerprint density at radius 3 is 2.64 bits per heavy atom. The molecule has 167 valence electrons. The van der Waals surface area contributed by atoms with Crippen LogP contribution in [0.3, 0.4) is 0 Å². The van der Waals surface area contributed by atoms with Crippen LogP contribution in [0.4, 0.5) is 11.5 Å². The number of fused-ring (bicyclic) bond motifs is 1. The van der Waals surface area contributed by atoms with E-state index in [-0.39, 0.29) is 5.91 Å². The second-order valence-corrected chi connectivity index (χ2v) is 8.26. The highest BCUT2D eigenvalue weighted by Gasteiger charge is 2.22. The summed E-state index contributed by atoms with van der Waals surface area (Å²) in [6, 6.07) is 16.0. The van der Waals surface area contributed by atoms with Gasteiger partial charge in [-0.15, -0.1) is 0 Å². The molecular formula is C26H26N5O2. The van der Waals surface area contributed by atoms with Crippen molar-refractivity contribution in [2.75, 3.05) is 38.2 Å². The number of anilines is 2. The minimum absolute atomic E-state index is 0.298. The Balaban J connectivity index is 1.38. The van der Waals surface area contributed by atoms with Gasteiger partial charge < -0.3 is 10.1 Å². The van der Waals surface area contributed by atoms with Crippen LogP contribution in [-0.4, -0.2) is 53.6 Å². The second kappa shape index (κ2) is 9.52. The first kappa shape index (κ1) is 21.3. The number of rotatable bonds is 6. The number of aryl methyl sites for hydroxylation is 1. The van der Waals surface area contributed by atoms with Crippen LogP contribution >= 0.6 is 0 Å². The number of carbonyl (C=O) groups excluding carboxylic acids is 1. The molecule has 1 aromatic carbocycles. The summed E-state index contributed by atoms with van der Waals surface area (Å²) < 4.78 is 5.42. The highest BCUT2D eigenvalue weighted by atomic mass is 16.5. The molecule has 2 aliphatic heterocycles. The van der Waals surface area contributed by atoms with Gasteiger partial charge in [0.05, 0.1) is 30.2 Å². The van der Waals surface area contributed by atoms with Crippen LogP contribution in [0.5, 0.6) is 0 Å². The van der Waals surface area contributed by atoms with Crippen LogP contribution in [0.2, 0.25) is 0 Å². The highest BCUT2D eigenvalue weighted by molar-refractivity contribution is 6.05. The average Bonchev–Trinajstić information content (AvgIpc) is 2.84. The maximum atomic E-state index is 12.6. The van der Waals surface area contributed by atoms with Crippen LogP contribution in [0, 0.1) is 6.92 Å². The number of carbonyl (C=O) groups is 1. The molecule has 7 heteroatoms. The molecule has 0 spiro atoms. The van der Waals surface area contributed by atoms with Gasteiger partial charge in [0.25, 0.3) is 5.91 Å². The lowest BCUT2D eigenvalue weighted by molar-refractivity contribution is 0.0384. The molecule has 7 nitrogen and oxygen atoms in total. The van der Waals surface area contributed by atoms with Crippen molar-refractivity contribution in [1.29, 1.82) is 0 Å². The zero-order chi connectivity index (χ0) is 22.6. The standard InChI is InChI=1S/C26H26N5O2/c1-18-3-2-4-22(28-18)23-17-20-9-11-27-26(32)24(20)25(30-23)29-21-7-5-19(6-8-21)10-12-31-13-15-33-16-14-31/h2-9,11,17H,10,12-16H2,1H3,(H,29,30). The van der Waals surface area contributed by atoms with Crippen molar-refractivity contribution in [3.05, 3.63) is 77.1 Å². The third-order valence-electron chi connectivity index (χ3n) is 5.90. The molecule has 1 amide bonds. The fourth-order valence-electron chi connectivity index (χ4n) is 4.08. The number of nitrogens with one attached hydrogen (secondary N) is 1. The number of morpholine rings is 1.